The van der Waals surface area contributed by atoms with Gasteiger partial charge in [-0.15, -0.1) is 0 Å². The number of carbonyl (C=O) groups excluding carboxylic acids is 1. The van der Waals surface area contributed by atoms with E-state index in [-0.39, 0.29) is 11.7 Å². The molecule has 1 fully saturated rings. The van der Waals surface area contributed by atoms with Crippen molar-refractivity contribution in [2.24, 2.45) is 5.92 Å². The fourth-order valence-electron chi connectivity index (χ4n) is 3.52. The van der Waals surface area contributed by atoms with Crippen LogP contribution in [0, 0.1) is 5.92 Å². The van der Waals surface area contributed by atoms with E-state index in [9.17, 15) is 9.90 Å². The van der Waals surface area contributed by atoms with Crippen molar-refractivity contribution in [3.63, 3.8) is 0 Å². The zero-order valence-corrected chi connectivity index (χ0v) is 15.3. The normalized spacial score (nSPS) is 17.7. The lowest BCUT2D eigenvalue weighted by Crippen LogP contribution is -2.38. The summed E-state index contributed by atoms with van der Waals surface area (Å²) in [5.41, 5.74) is 1.55. The molecule has 2 aromatic rings. The van der Waals surface area contributed by atoms with Gasteiger partial charge < -0.3 is 14.6 Å². The van der Waals surface area contributed by atoms with E-state index >= 15 is 0 Å². The molecular weight excluding hydrogens is 330 g/mol. The number of hydrogen-bond acceptors (Lipinski definition) is 5. The summed E-state index contributed by atoms with van der Waals surface area (Å²) in [4.78, 5) is 15.2. The number of carbonyl (C=O) groups is 1. The first-order valence-corrected chi connectivity index (χ1v) is 8.88. The van der Waals surface area contributed by atoms with Crippen LogP contribution < -0.4 is 9.47 Å². The Hall–Kier alpha value is -2.53. The van der Waals surface area contributed by atoms with Crippen LogP contribution in [0.3, 0.4) is 0 Å². The molecule has 0 radical (unpaired) electrons. The minimum atomic E-state index is -0.0484. The number of methoxy groups -OCH3 is 2. The van der Waals surface area contributed by atoms with Crippen LogP contribution in [0.15, 0.2) is 42.5 Å². The molecule has 1 aliphatic rings. The summed E-state index contributed by atoms with van der Waals surface area (Å²) < 4.78 is 10.6. The van der Waals surface area contributed by atoms with Crippen molar-refractivity contribution in [1.29, 1.82) is 0 Å². The molecule has 5 nitrogen and oxygen atoms in total. The minimum absolute atomic E-state index is 0.0484. The fraction of sp³-hybridized carbons (Fsp3) is 0.381. The molecule has 1 N–H and O–H groups in total. The number of Topliss-reactive ketones (excluding diaryl/α,β-unsaturated/α-hetero) is 1. The molecular formula is C21H25NO4. The number of likely N-dealkylation sites (tertiary alicyclic amines) is 1. The Kier molecular flexibility index (Phi) is 5.78. The topological polar surface area (TPSA) is 59.0 Å². The molecule has 1 aliphatic heterocycles. The summed E-state index contributed by atoms with van der Waals surface area (Å²) >= 11 is 0. The van der Waals surface area contributed by atoms with E-state index in [1.54, 1.807) is 38.5 Å². The molecule has 1 atom stereocenters. The molecule has 1 unspecified atom stereocenters. The molecule has 0 amide bonds. The molecule has 0 aromatic heterocycles. The Morgan fingerprint density at radius 1 is 1.15 bits per heavy atom. The number of aromatic hydroxyl groups is 1. The van der Waals surface area contributed by atoms with Crippen LogP contribution in [0.4, 0.5) is 0 Å². The van der Waals surface area contributed by atoms with E-state index in [2.05, 4.69) is 4.90 Å². The molecule has 1 heterocycles. The first-order chi connectivity index (χ1) is 12.6. The second kappa shape index (κ2) is 8.23. The van der Waals surface area contributed by atoms with Crippen molar-refractivity contribution in [2.75, 3.05) is 27.3 Å². The lowest BCUT2D eigenvalue weighted by atomic mass is 9.89. The number of para-hydroxylation sites is 1. The van der Waals surface area contributed by atoms with Gasteiger partial charge in [-0.3, -0.25) is 9.69 Å². The number of ether oxygens (including phenoxy) is 2. The maximum atomic E-state index is 13.0. The summed E-state index contributed by atoms with van der Waals surface area (Å²) in [6.07, 6.45) is 1.85. The average Bonchev–Trinajstić information content (AvgIpc) is 2.69. The van der Waals surface area contributed by atoms with Gasteiger partial charge in [0.2, 0.25) is 0 Å². The lowest BCUT2D eigenvalue weighted by Gasteiger charge is -2.32. The van der Waals surface area contributed by atoms with Crippen molar-refractivity contribution in [1.82, 2.24) is 4.90 Å². The maximum absolute atomic E-state index is 13.0. The Morgan fingerprint density at radius 2 is 1.92 bits per heavy atom. The van der Waals surface area contributed by atoms with E-state index < -0.39 is 0 Å². The smallest absolute Gasteiger partial charge is 0.167 e. The van der Waals surface area contributed by atoms with Gasteiger partial charge in [0.25, 0.3) is 0 Å². The van der Waals surface area contributed by atoms with E-state index in [0.29, 0.717) is 35.9 Å². The van der Waals surface area contributed by atoms with E-state index in [4.69, 9.17) is 9.47 Å². The first kappa shape index (κ1) is 18.3. The molecule has 138 valence electrons. The van der Waals surface area contributed by atoms with Crippen molar-refractivity contribution in [3.8, 4) is 17.2 Å². The van der Waals surface area contributed by atoms with Gasteiger partial charge in [0.1, 0.15) is 5.75 Å². The molecule has 26 heavy (non-hydrogen) atoms. The quantitative estimate of drug-likeness (QED) is 0.804. The Morgan fingerprint density at radius 3 is 2.65 bits per heavy atom. The first-order valence-electron chi connectivity index (χ1n) is 8.88. The van der Waals surface area contributed by atoms with Crippen molar-refractivity contribution >= 4 is 5.78 Å². The van der Waals surface area contributed by atoms with E-state index in [1.165, 1.54) is 0 Å². The molecule has 3 rings (SSSR count). The SMILES string of the molecule is COc1ccc(C(=O)C2CCCN(Cc3ccccc3O)C2)cc1OC. The number of ketones is 1. The summed E-state index contributed by atoms with van der Waals surface area (Å²) in [6.45, 7) is 2.29. The van der Waals surface area contributed by atoms with Gasteiger partial charge in [-0.05, 0) is 43.7 Å². The summed E-state index contributed by atoms with van der Waals surface area (Å²) in [6, 6.07) is 12.7. The number of benzene rings is 2. The molecule has 5 heteroatoms. The average molecular weight is 355 g/mol. The maximum Gasteiger partial charge on any atom is 0.167 e. The molecule has 0 aliphatic carbocycles. The van der Waals surface area contributed by atoms with Gasteiger partial charge in [0.15, 0.2) is 17.3 Å². The number of hydrogen-bond donors (Lipinski definition) is 1. The van der Waals surface area contributed by atoms with Gasteiger partial charge in [0, 0.05) is 30.1 Å². The van der Waals surface area contributed by atoms with Gasteiger partial charge in [0.05, 0.1) is 14.2 Å². The zero-order chi connectivity index (χ0) is 18.5. The highest BCUT2D eigenvalue weighted by atomic mass is 16.5. The molecule has 0 spiro atoms. The molecule has 2 aromatic carbocycles. The highest BCUT2D eigenvalue weighted by Crippen LogP contribution is 2.30. The zero-order valence-electron chi connectivity index (χ0n) is 15.3. The number of phenols is 1. The number of nitrogens with zero attached hydrogens (tertiary/aromatic N) is 1. The third-order valence-corrected chi connectivity index (χ3v) is 4.93. The van der Waals surface area contributed by atoms with Gasteiger partial charge in [-0.1, -0.05) is 18.2 Å². The summed E-state index contributed by atoms with van der Waals surface area (Å²) in [5.74, 6) is 1.58. The Bertz CT molecular complexity index is 774. The van der Waals surface area contributed by atoms with Crippen molar-refractivity contribution in [2.45, 2.75) is 19.4 Å². The van der Waals surface area contributed by atoms with Gasteiger partial charge in [-0.2, -0.15) is 0 Å². The lowest BCUT2D eigenvalue weighted by molar-refractivity contribution is 0.0810. The minimum Gasteiger partial charge on any atom is -0.508 e. The molecule has 0 bridgehead atoms. The second-order valence-electron chi connectivity index (χ2n) is 6.64. The van der Waals surface area contributed by atoms with Gasteiger partial charge in [-0.25, -0.2) is 0 Å². The highest BCUT2D eigenvalue weighted by Gasteiger charge is 2.27. The van der Waals surface area contributed by atoms with Crippen LogP contribution in [0.2, 0.25) is 0 Å². The van der Waals surface area contributed by atoms with Crippen molar-refractivity contribution < 1.29 is 19.4 Å². The third-order valence-electron chi connectivity index (χ3n) is 4.93. The van der Waals surface area contributed by atoms with Crippen LogP contribution >= 0.6 is 0 Å². The number of rotatable bonds is 6. The number of phenolic OH excluding ortho intramolecular Hbond substituents is 1. The molecule has 0 saturated carbocycles. The highest BCUT2D eigenvalue weighted by molar-refractivity contribution is 5.98. The van der Waals surface area contributed by atoms with Crippen LogP contribution in [0.1, 0.15) is 28.8 Å². The van der Waals surface area contributed by atoms with Crippen LogP contribution in [0.25, 0.3) is 0 Å². The predicted octanol–water partition coefficient (Wildman–Crippen LogP) is 3.50. The van der Waals surface area contributed by atoms with E-state index in [0.717, 1.165) is 24.9 Å². The Labute approximate surface area is 154 Å². The van der Waals surface area contributed by atoms with Crippen LogP contribution in [0.5, 0.6) is 17.2 Å². The van der Waals surface area contributed by atoms with Crippen LogP contribution in [-0.4, -0.2) is 43.1 Å². The summed E-state index contributed by atoms with van der Waals surface area (Å²) in [5, 5.41) is 9.98. The van der Waals surface area contributed by atoms with Crippen LogP contribution in [-0.2, 0) is 6.54 Å². The molecule has 1 saturated heterocycles. The standard InChI is InChI=1S/C21H25NO4/c1-25-19-10-9-15(12-20(19)26-2)21(24)17-7-5-11-22(14-17)13-16-6-3-4-8-18(16)23/h3-4,6,8-10,12,17,23H,5,7,11,13-14H2,1-2H3. The van der Waals surface area contributed by atoms with Gasteiger partial charge >= 0.3 is 0 Å². The third kappa shape index (κ3) is 3.99. The second-order valence-corrected chi connectivity index (χ2v) is 6.64. The van der Waals surface area contributed by atoms with Crippen molar-refractivity contribution in [3.05, 3.63) is 53.6 Å². The predicted molar refractivity (Wildman–Crippen MR) is 100.0 cm³/mol. The monoisotopic (exact) mass is 355 g/mol. The fourth-order valence-corrected chi connectivity index (χ4v) is 3.52. The van der Waals surface area contributed by atoms with E-state index in [1.807, 2.05) is 18.2 Å². The largest absolute Gasteiger partial charge is 0.508 e. The summed E-state index contributed by atoms with van der Waals surface area (Å²) in [7, 11) is 3.15. The number of piperidine rings is 1. The Balaban J connectivity index is 1.71.